The number of carbonyl (C=O) groups is 1. The van der Waals surface area contributed by atoms with Gasteiger partial charge in [-0.3, -0.25) is 4.79 Å². The molecule has 0 saturated carbocycles. The summed E-state index contributed by atoms with van der Waals surface area (Å²) in [6, 6.07) is 6.44. The van der Waals surface area contributed by atoms with Crippen LogP contribution in [0.4, 0.5) is 4.39 Å². The van der Waals surface area contributed by atoms with Gasteiger partial charge in [0.15, 0.2) is 0 Å². The van der Waals surface area contributed by atoms with E-state index in [0.29, 0.717) is 38.9 Å². The highest BCUT2D eigenvalue weighted by molar-refractivity contribution is 5.78. The minimum atomic E-state index is -0.851. The number of hydrogen-bond acceptors (Lipinski definition) is 3. The van der Waals surface area contributed by atoms with E-state index in [-0.39, 0.29) is 24.2 Å². The Morgan fingerprint density at radius 1 is 1.45 bits per heavy atom. The fraction of sp³-hybridized carbons (Fsp3) is 0.588. The summed E-state index contributed by atoms with van der Waals surface area (Å²) < 4.78 is 18.3. The van der Waals surface area contributed by atoms with Crippen molar-refractivity contribution in [1.29, 1.82) is 0 Å². The highest BCUT2D eigenvalue weighted by Gasteiger charge is 2.30. The first-order valence-corrected chi connectivity index (χ1v) is 7.81. The van der Waals surface area contributed by atoms with Crippen LogP contribution in [0.2, 0.25) is 0 Å². The molecule has 0 spiro atoms. The molecule has 1 atom stereocenters. The maximum Gasteiger partial charge on any atom is 0.222 e. The van der Waals surface area contributed by atoms with Crippen molar-refractivity contribution in [3.8, 4) is 0 Å². The van der Waals surface area contributed by atoms with Gasteiger partial charge in [0.25, 0.3) is 0 Å². The van der Waals surface area contributed by atoms with E-state index >= 15 is 0 Å². The molecular weight excluding hydrogens is 285 g/mol. The summed E-state index contributed by atoms with van der Waals surface area (Å²) in [5.41, 5.74) is 0.0404. The van der Waals surface area contributed by atoms with Crippen LogP contribution >= 0.6 is 0 Å². The molecule has 1 heterocycles. The Hall–Kier alpha value is -1.46. The fourth-order valence-electron chi connectivity index (χ4n) is 2.56. The maximum absolute atomic E-state index is 13.1. The lowest BCUT2D eigenvalue weighted by molar-refractivity contribution is -0.127. The van der Waals surface area contributed by atoms with Gasteiger partial charge < -0.3 is 15.2 Å². The van der Waals surface area contributed by atoms with E-state index in [1.165, 1.54) is 12.1 Å². The van der Waals surface area contributed by atoms with E-state index in [0.717, 1.165) is 5.56 Å². The Labute approximate surface area is 130 Å². The lowest BCUT2D eigenvalue weighted by Gasteiger charge is -2.32. The largest absolute Gasteiger partial charge is 0.388 e. The van der Waals surface area contributed by atoms with Crippen LogP contribution in [0.3, 0.4) is 0 Å². The summed E-state index contributed by atoms with van der Waals surface area (Å²) in [4.78, 5) is 12.1. The SMILES string of the molecule is CC(CCc1cccc(F)c1)C(=O)NCC1(O)CCOCC1. The van der Waals surface area contributed by atoms with Crippen LogP contribution in [0.15, 0.2) is 24.3 Å². The van der Waals surface area contributed by atoms with Gasteiger partial charge >= 0.3 is 0 Å². The highest BCUT2D eigenvalue weighted by atomic mass is 19.1. The van der Waals surface area contributed by atoms with E-state index < -0.39 is 5.60 Å². The Bertz CT molecular complexity index is 500. The van der Waals surface area contributed by atoms with E-state index in [1.54, 1.807) is 6.07 Å². The van der Waals surface area contributed by atoms with Crippen molar-refractivity contribution >= 4 is 5.91 Å². The van der Waals surface area contributed by atoms with Gasteiger partial charge in [0, 0.05) is 38.5 Å². The van der Waals surface area contributed by atoms with Crippen LogP contribution in [0.25, 0.3) is 0 Å². The monoisotopic (exact) mass is 309 g/mol. The number of rotatable bonds is 6. The van der Waals surface area contributed by atoms with Crippen molar-refractivity contribution in [2.75, 3.05) is 19.8 Å². The normalized spacial score (nSPS) is 18.7. The second kappa shape index (κ2) is 7.70. The van der Waals surface area contributed by atoms with Gasteiger partial charge in [-0.1, -0.05) is 19.1 Å². The molecule has 2 rings (SSSR count). The molecule has 22 heavy (non-hydrogen) atoms. The van der Waals surface area contributed by atoms with Crippen LogP contribution in [0, 0.1) is 11.7 Å². The Kier molecular flexibility index (Phi) is 5.91. The van der Waals surface area contributed by atoms with Gasteiger partial charge in [-0.05, 0) is 30.5 Å². The van der Waals surface area contributed by atoms with Crippen LogP contribution in [0.1, 0.15) is 31.7 Å². The number of aryl methyl sites for hydroxylation is 1. The molecule has 1 aromatic carbocycles. The van der Waals surface area contributed by atoms with Crippen molar-refractivity contribution in [3.63, 3.8) is 0 Å². The van der Waals surface area contributed by atoms with E-state index in [4.69, 9.17) is 4.74 Å². The quantitative estimate of drug-likeness (QED) is 0.845. The third-order valence-electron chi connectivity index (χ3n) is 4.22. The molecule has 2 N–H and O–H groups in total. The van der Waals surface area contributed by atoms with Gasteiger partial charge in [-0.2, -0.15) is 0 Å². The molecule has 0 aliphatic carbocycles. The van der Waals surface area contributed by atoms with Gasteiger partial charge in [0.1, 0.15) is 5.82 Å². The smallest absolute Gasteiger partial charge is 0.222 e. The lowest BCUT2D eigenvalue weighted by Crippen LogP contribution is -2.47. The summed E-state index contributed by atoms with van der Waals surface area (Å²) in [7, 11) is 0. The molecule has 1 saturated heterocycles. The van der Waals surface area contributed by atoms with Gasteiger partial charge in [0.2, 0.25) is 5.91 Å². The molecule has 1 fully saturated rings. The van der Waals surface area contributed by atoms with Crippen LogP contribution in [0.5, 0.6) is 0 Å². The second-order valence-electron chi connectivity index (χ2n) is 6.12. The molecule has 1 aliphatic heterocycles. The molecular formula is C17H24FNO3. The van der Waals surface area contributed by atoms with Crippen LogP contribution in [-0.2, 0) is 16.0 Å². The third-order valence-corrected chi connectivity index (χ3v) is 4.22. The number of carbonyl (C=O) groups excluding carboxylic acids is 1. The predicted octanol–water partition coefficient (Wildman–Crippen LogP) is 2.05. The number of benzene rings is 1. The minimum absolute atomic E-state index is 0.0729. The third kappa shape index (κ3) is 5.07. The lowest BCUT2D eigenvalue weighted by atomic mass is 9.94. The zero-order valence-corrected chi connectivity index (χ0v) is 13.0. The number of halogens is 1. The summed E-state index contributed by atoms with van der Waals surface area (Å²) in [6.07, 6.45) is 2.40. The molecule has 5 heteroatoms. The van der Waals surface area contributed by atoms with Crippen LogP contribution < -0.4 is 5.32 Å². The molecule has 1 aliphatic rings. The van der Waals surface area contributed by atoms with E-state index in [2.05, 4.69) is 5.32 Å². The number of hydrogen-bond donors (Lipinski definition) is 2. The molecule has 1 aromatic rings. The minimum Gasteiger partial charge on any atom is -0.388 e. The zero-order chi connectivity index (χ0) is 16.0. The van der Waals surface area contributed by atoms with Crippen molar-refractivity contribution < 1.29 is 19.0 Å². The van der Waals surface area contributed by atoms with Crippen LogP contribution in [-0.4, -0.2) is 36.4 Å². The van der Waals surface area contributed by atoms with Crippen molar-refractivity contribution in [1.82, 2.24) is 5.32 Å². The molecule has 0 bridgehead atoms. The molecule has 0 radical (unpaired) electrons. The first-order chi connectivity index (χ1) is 10.5. The number of nitrogens with one attached hydrogen (secondary N) is 1. The highest BCUT2D eigenvalue weighted by Crippen LogP contribution is 2.19. The summed E-state index contributed by atoms with van der Waals surface area (Å²) in [6.45, 7) is 3.17. The molecule has 4 nitrogen and oxygen atoms in total. The van der Waals surface area contributed by atoms with Crippen molar-refractivity contribution in [2.45, 2.75) is 38.2 Å². The fourth-order valence-corrected chi connectivity index (χ4v) is 2.56. The molecule has 0 aromatic heterocycles. The van der Waals surface area contributed by atoms with E-state index in [9.17, 15) is 14.3 Å². The molecule has 1 amide bonds. The topological polar surface area (TPSA) is 58.6 Å². The standard InChI is InChI=1S/C17H24FNO3/c1-13(5-6-14-3-2-4-15(18)11-14)16(20)19-12-17(21)7-9-22-10-8-17/h2-4,11,13,21H,5-10,12H2,1H3,(H,19,20). The average molecular weight is 309 g/mol. The first kappa shape index (κ1) is 16.9. The number of amides is 1. The van der Waals surface area contributed by atoms with Crippen molar-refractivity contribution in [3.05, 3.63) is 35.6 Å². The van der Waals surface area contributed by atoms with Gasteiger partial charge in [0.05, 0.1) is 5.60 Å². The predicted molar refractivity (Wildman–Crippen MR) is 81.9 cm³/mol. The summed E-state index contributed by atoms with van der Waals surface area (Å²) in [5.74, 6) is -0.501. The summed E-state index contributed by atoms with van der Waals surface area (Å²) in [5, 5.41) is 13.1. The summed E-state index contributed by atoms with van der Waals surface area (Å²) >= 11 is 0. The average Bonchev–Trinajstić information content (AvgIpc) is 2.51. The Morgan fingerprint density at radius 2 is 2.18 bits per heavy atom. The second-order valence-corrected chi connectivity index (χ2v) is 6.12. The number of ether oxygens (including phenoxy) is 1. The Balaban J connectivity index is 1.74. The van der Waals surface area contributed by atoms with Crippen molar-refractivity contribution in [2.24, 2.45) is 5.92 Å². The molecule has 122 valence electrons. The maximum atomic E-state index is 13.1. The molecule has 1 unspecified atom stereocenters. The van der Waals surface area contributed by atoms with Gasteiger partial charge in [-0.25, -0.2) is 4.39 Å². The van der Waals surface area contributed by atoms with Gasteiger partial charge in [-0.15, -0.1) is 0 Å². The first-order valence-electron chi connectivity index (χ1n) is 7.81. The zero-order valence-electron chi connectivity index (χ0n) is 13.0. The van der Waals surface area contributed by atoms with E-state index in [1.807, 2.05) is 13.0 Å². The number of aliphatic hydroxyl groups is 1. The Morgan fingerprint density at radius 3 is 2.86 bits per heavy atom.